The molecule has 0 aromatic carbocycles. The molecule has 2 heterocycles. The SMILES string of the molecule is CC(C)Oc1ncccc1CNCC1CCCNC1. The fourth-order valence-electron chi connectivity index (χ4n) is 2.40. The van der Waals surface area contributed by atoms with E-state index in [4.69, 9.17) is 4.74 Å². The first-order valence-electron chi connectivity index (χ1n) is 7.27. The number of aromatic nitrogens is 1. The van der Waals surface area contributed by atoms with Crippen LogP contribution in [-0.2, 0) is 6.54 Å². The minimum atomic E-state index is 0.163. The van der Waals surface area contributed by atoms with Crippen molar-refractivity contribution in [2.24, 2.45) is 5.92 Å². The Balaban J connectivity index is 1.81. The molecule has 1 saturated heterocycles. The zero-order valence-corrected chi connectivity index (χ0v) is 12.0. The smallest absolute Gasteiger partial charge is 0.218 e. The minimum Gasteiger partial charge on any atom is -0.475 e. The van der Waals surface area contributed by atoms with Crippen LogP contribution in [0.4, 0.5) is 0 Å². The van der Waals surface area contributed by atoms with Gasteiger partial charge in [-0.15, -0.1) is 0 Å². The van der Waals surface area contributed by atoms with Gasteiger partial charge in [-0.05, 0) is 58.3 Å². The van der Waals surface area contributed by atoms with Crippen LogP contribution in [0, 0.1) is 5.92 Å². The summed E-state index contributed by atoms with van der Waals surface area (Å²) in [5, 5.41) is 6.97. The highest BCUT2D eigenvalue weighted by Crippen LogP contribution is 2.16. The number of piperidine rings is 1. The van der Waals surface area contributed by atoms with Crippen molar-refractivity contribution in [2.75, 3.05) is 19.6 Å². The first-order valence-corrected chi connectivity index (χ1v) is 7.27. The maximum Gasteiger partial charge on any atom is 0.218 e. The summed E-state index contributed by atoms with van der Waals surface area (Å²) in [4.78, 5) is 4.31. The van der Waals surface area contributed by atoms with Crippen LogP contribution >= 0.6 is 0 Å². The molecule has 0 amide bonds. The third kappa shape index (κ3) is 4.80. The molecule has 2 N–H and O–H groups in total. The first-order chi connectivity index (χ1) is 9.25. The molecule has 0 saturated carbocycles. The third-order valence-electron chi connectivity index (χ3n) is 3.34. The van der Waals surface area contributed by atoms with E-state index >= 15 is 0 Å². The molecule has 1 fully saturated rings. The molecule has 1 atom stereocenters. The molecule has 1 aromatic rings. The second kappa shape index (κ2) is 7.46. The molecule has 0 radical (unpaired) electrons. The quantitative estimate of drug-likeness (QED) is 0.823. The lowest BCUT2D eigenvalue weighted by atomic mass is 10.00. The third-order valence-corrected chi connectivity index (χ3v) is 3.34. The molecule has 0 bridgehead atoms. The second-order valence-corrected chi connectivity index (χ2v) is 5.48. The van der Waals surface area contributed by atoms with E-state index in [0.29, 0.717) is 0 Å². The van der Waals surface area contributed by atoms with Crippen molar-refractivity contribution in [2.45, 2.75) is 39.3 Å². The Hall–Kier alpha value is -1.13. The van der Waals surface area contributed by atoms with E-state index < -0.39 is 0 Å². The minimum absolute atomic E-state index is 0.163. The molecule has 0 aliphatic carbocycles. The van der Waals surface area contributed by atoms with Crippen LogP contribution in [-0.4, -0.2) is 30.7 Å². The molecule has 2 rings (SSSR count). The molecule has 106 valence electrons. The Bertz CT molecular complexity index is 375. The number of hydrogen-bond donors (Lipinski definition) is 2. The van der Waals surface area contributed by atoms with Crippen LogP contribution < -0.4 is 15.4 Å². The van der Waals surface area contributed by atoms with Gasteiger partial charge in [-0.1, -0.05) is 6.07 Å². The standard InChI is InChI=1S/C15H25N3O/c1-12(2)19-15-14(6-4-8-18-15)11-17-10-13-5-3-7-16-9-13/h4,6,8,12-13,16-17H,3,5,7,9-11H2,1-2H3. The van der Waals surface area contributed by atoms with Crippen molar-refractivity contribution < 1.29 is 4.74 Å². The van der Waals surface area contributed by atoms with Crippen molar-refractivity contribution in [1.82, 2.24) is 15.6 Å². The Morgan fingerprint density at radius 2 is 2.42 bits per heavy atom. The fraction of sp³-hybridized carbons (Fsp3) is 0.667. The maximum absolute atomic E-state index is 5.72. The zero-order chi connectivity index (χ0) is 13.5. The maximum atomic E-state index is 5.72. The highest BCUT2D eigenvalue weighted by atomic mass is 16.5. The number of pyridine rings is 1. The van der Waals surface area contributed by atoms with Crippen LogP contribution in [0.1, 0.15) is 32.3 Å². The lowest BCUT2D eigenvalue weighted by Gasteiger charge is -2.23. The van der Waals surface area contributed by atoms with Gasteiger partial charge in [0.1, 0.15) is 0 Å². The van der Waals surface area contributed by atoms with Crippen molar-refractivity contribution >= 4 is 0 Å². The van der Waals surface area contributed by atoms with Crippen LogP contribution in [0.2, 0.25) is 0 Å². The van der Waals surface area contributed by atoms with Gasteiger partial charge in [0.15, 0.2) is 0 Å². The van der Waals surface area contributed by atoms with Crippen molar-refractivity contribution in [1.29, 1.82) is 0 Å². The molecular formula is C15H25N3O. The lowest BCUT2D eigenvalue weighted by molar-refractivity contribution is 0.229. The average Bonchev–Trinajstić information content (AvgIpc) is 2.41. The zero-order valence-electron chi connectivity index (χ0n) is 12.0. The molecule has 1 aromatic heterocycles. The topological polar surface area (TPSA) is 46.2 Å². The molecule has 1 aliphatic heterocycles. The molecule has 1 unspecified atom stereocenters. The van der Waals surface area contributed by atoms with E-state index in [1.165, 1.54) is 19.4 Å². The van der Waals surface area contributed by atoms with Gasteiger partial charge in [-0.25, -0.2) is 4.98 Å². The van der Waals surface area contributed by atoms with Gasteiger partial charge >= 0.3 is 0 Å². The number of hydrogen-bond acceptors (Lipinski definition) is 4. The summed E-state index contributed by atoms with van der Waals surface area (Å²) >= 11 is 0. The van der Waals surface area contributed by atoms with E-state index in [1.54, 1.807) is 6.20 Å². The molecular weight excluding hydrogens is 238 g/mol. The van der Waals surface area contributed by atoms with Crippen molar-refractivity contribution in [3.05, 3.63) is 23.9 Å². The highest BCUT2D eigenvalue weighted by Gasteiger charge is 2.13. The van der Waals surface area contributed by atoms with Gasteiger partial charge in [0.2, 0.25) is 5.88 Å². The summed E-state index contributed by atoms with van der Waals surface area (Å²) in [5.41, 5.74) is 1.14. The van der Waals surface area contributed by atoms with Crippen molar-refractivity contribution in [3.63, 3.8) is 0 Å². The summed E-state index contributed by atoms with van der Waals surface area (Å²) < 4.78 is 5.72. The number of ether oxygens (including phenoxy) is 1. The van der Waals surface area contributed by atoms with Crippen LogP contribution in [0.15, 0.2) is 18.3 Å². The predicted octanol–water partition coefficient (Wildman–Crippen LogP) is 1.96. The van der Waals surface area contributed by atoms with E-state index in [9.17, 15) is 0 Å². The van der Waals surface area contributed by atoms with Gasteiger partial charge in [0, 0.05) is 18.3 Å². The largest absolute Gasteiger partial charge is 0.475 e. The molecule has 0 spiro atoms. The van der Waals surface area contributed by atoms with Crippen LogP contribution in [0.25, 0.3) is 0 Å². The molecule has 19 heavy (non-hydrogen) atoms. The number of nitrogens with zero attached hydrogens (tertiary/aromatic N) is 1. The lowest BCUT2D eigenvalue weighted by Crippen LogP contribution is -2.35. The summed E-state index contributed by atoms with van der Waals surface area (Å²) in [5.74, 6) is 1.51. The Morgan fingerprint density at radius 3 is 3.16 bits per heavy atom. The van der Waals surface area contributed by atoms with Crippen molar-refractivity contribution in [3.8, 4) is 5.88 Å². The molecule has 4 heteroatoms. The Kier molecular flexibility index (Phi) is 5.61. The molecule has 4 nitrogen and oxygen atoms in total. The van der Waals surface area contributed by atoms with Gasteiger partial charge in [0.25, 0.3) is 0 Å². The van der Waals surface area contributed by atoms with Gasteiger partial charge in [-0.2, -0.15) is 0 Å². The Labute approximate surface area is 116 Å². The van der Waals surface area contributed by atoms with Crippen LogP contribution in [0.5, 0.6) is 5.88 Å². The second-order valence-electron chi connectivity index (χ2n) is 5.48. The summed E-state index contributed by atoms with van der Waals surface area (Å²) in [6.45, 7) is 8.25. The van der Waals surface area contributed by atoms with E-state index in [-0.39, 0.29) is 6.10 Å². The summed E-state index contributed by atoms with van der Waals surface area (Å²) in [7, 11) is 0. The van der Waals surface area contributed by atoms with Crippen LogP contribution in [0.3, 0.4) is 0 Å². The fourth-order valence-corrected chi connectivity index (χ4v) is 2.40. The van der Waals surface area contributed by atoms with E-state index in [0.717, 1.165) is 37.0 Å². The molecule has 1 aliphatic rings. The summed E-state index contributed by atoms with van der Waals surface area (Å²) in [6, 6.07) is 4.04. The van der Waals surface area contributed by atoms with E-state index in [2.05, 4.69) is 21.7 Å². The van der Waals surface area contributed by atoms with Gasteiger partial charge in [-0.3, -0.25) is 0 Å². The summed E-state index contributed by atoms with van der Waals surface area (Å²) in [6.07, 6.45) is 4.56. The van der Waals surface area contributed by atoms with E-state index in [1.807, 2.05) is 19.9 Å². The van der Waals surface area contributed by atoms with Gasteiger partial charge < -0.3 is 15.4 Å². The number of rotatable bonds is 6. The monoisotopic (exact) mass is 263 g/mol. The first kappa shape index (κ1) is 14.3. The highest BCUT2D eigenvalue weighted by molar-refractivity contribution is 5.25. The normalized spacial score (nSPS) is 19.6. The average molecular weight is 263 g/mol. The van der Waals surface area contributed by atoms with Gasteiger partial charge in [0.05, 0.1) is 6.10 Å². The predicted molar refractivity (Wildman–Crippen MR) is 77.3 cm³/mol. The Morgan fingerprint density at radius 1 is 1.53 bits per heavy atom. The number of nitrogens with one attached hydrogen (secondary N) is 2.